The maximum Gasteiger partial charge on any atom is 0.185 e. The number of halogens is 1. The molecular weight excluding hydrogens is 397 g/mol. The normalized spacial score (nSPS) is 29.8. The van der Waals surface area contributed by atoms with Crippen molar-refractivity contribution in [2.75, 3.05) is 11.9 Å². The number of rotatable bonds is 4. The lowest BCUT2D eigenvalue weighted by molar-refractivity contribution is 0.0859. The summed E-state index contributed by atoms with van der Waals surface area (Å²) in [6.45, 7) is 4.13. The largest absolute Gasteiger partial charge is 0.507 e. The quantitative estimate of drug-likeness (QED) is 0.667. The average Bonchev–Trinajstić information content (AvgIpc) is 3.38. The molecule has 8 nitrogen and oxygen atoms in total. The summed E-state index contributed by atoms with van der Waals surface area (Å²) < 4.78 is 17.2. The molecule has 3 aromatic rings. The van der Waals surface area contributed by atoms with Crippen LogP contribution in [-0.4, -0.2) is 60.2 Å². The van der Waals surface area contributed by atoms with Gasteiger partial charge in [0.05, 0.1) is 29.8 Å². The van der Waals surface area contributed by atoms with Gasteiger partial charge in [-0.25, -0.2) is 14.4 Å². The van der Waals surface area contributed by atoms with Crippen LogP contribution in [0.1, 0.15) is 33.1 Å². The van der Waals surface area contributed by atoms with Crippen molar-refractivity contribution in [1.29, 1.82) is 0 Å². The number of alkyl halides is 1. The highest BCUT2D eigenvalue weighted by molar-refractivity contribution is 5.66. The number of piperidine rings is 1. The summed E-state index contributed by atoms with van der Waals surface area (Å²) in [5, 5.41) is 22.5. The minimum atomic E-state index is -1.02. The molecule has 9 heteroatoms. The number of hydrogen-bond donors (Lipinski definition) is 2. The van der Waals surface area contributed by atoms with Crippen LogP contribution in [0.2, 0.25) is 0 Å². The number of benzene rings is 1. The summed E-state index contributed by atoms with van der Waals surface area (Å²) in [5.41, 5.74) is 0.670. The number of imidazole rings is 1. The fourth-order valence-electron chi connectivity index (χ4n) is 5.04. The van der Waals surface area contributed by atoms with Crippen molar-refractivity contribution in [3.05, 3.63) is 43.1 Å². The van der Waals surface area contributed by atoms with Gasteiger partial charge in [-0.15, -0.1) is 10.2 Å². The molecule has 0 aliphatic carbocycles. The third-order valence-electron chi connectivity index (χ3n) is 6.82. The summed E-state index contributed by atoms with van der Waals surface area (Å²) in [6, 6.07) is 4.92. The van der Waals surface area contributed by atoms with E-state index in [0.717, 1.165) is 18.5 Å². The Morgan fingerprint density at radius 2 is 2.10 bits per heavy atom. The van der Waals surface area contributed by atoms with E-state index in [9.17, 15) is 5.11 Å². The number of nitrogens with zero attached hydrogens (tertiary/aromatic N) is 6. The number of aromatic hydroxyl groups is 1. The second-order valence-electron chi connectivity index (χ2n) is 9.20. The molecule has 0 amide bonds. The van der Waals surface area contributed by atoms with E-state index in [0.29, 0.717) is 23.6 Å². The number of hydrogen-bond acceptors (Lipinski definition) is 7. The second kappa shape index (κ2) is 6.98. The number of anilines is 1. The lowest BCUT2D eigenvalue weighted by Crippen LogP contribution is -2.65. The summed E-state index contributed by atoms with van der Waals surface area (Å²) >= 11 is 0. The van der Waals surface area contributed by atoms with Gasteiger partial charge in [-0.1, -0.05) is 0 Å². The maximum absolute atomic E-state index is 15.4. The first kappa shape index (κ1) is 19.9. The summed E-state index contributed by atoms with van der Waals surface area (Å²) in [7, 11) is 1.84. The van der Waals surface area contributed by atoms with Crippen LogP contribution in [0.3, 0.4) is 0 Å². The van der Waals surface area contributed by atoms with Crippen molar-refractivity contribution in [3.63, 3.8) is 0 Å². The minimum absolute atomic E-state index is 0.0497. The molecule has 0 saturated carbocycles. The first-order valence-corrected chi connectivity index (χ1v) is 10.5. The van der Waals surface area contributed by atoms with Crippen LogP contribution < -0.4 is 10.2 Å². The molecule has 4 heterocycles. The Balaban J connectivity index is 1.38. The molecule has 2 saturated heterocycles. The Hall–Kier alpha value is -3.07. The predicted molar refractivity (Wildman–Crippen MR) is 115 cm³/mol. The highest BCUT2D eigenvalue weighted by Crippen LogP contribution is 2.45. The SMILES string of the molecule is CN(c1cnc(-c2ccc(-n3ccnc3)cc2O)nn1)[C@H]1C[C@]2(C)CC[C@@](C)(N2)[C@H]1F. The molecule has 4 atom stereocenters. The third kappa shape index (κ3) is 3.33. The lowest BCUT2D eigenvalue weighted by Gasteiger charge is -2.47. The van der Waals surface area contributed by atoms with Gasteiger partial charge in [-0.2, -0.15) is 0 Å². The van der Waals surface area contributed by atoms with Crippen molar-refractivity contribution >= 4 is 5.82 Å². The Kier molecular flexibility index (Phi) is 4.47. The Labute approximate surface area is 180 Å². The molecule has 0 spiro atoms. The zero-order chi connectivity index (χ0) is 21.8. The molecule has 2 fully saturated rings. The van der Waals surface area contributed by atoms with E-state index in [1.165, 1.54) is 0 Å². The third-order valence-corrected chi connectivity index (χ3v) is 6.82. The smallest absolute Gasteiger partial charge is 0.185 e. The number of fused-ring (bicyclic) bond motifs is 2. The highest BCUT2D eigenvalue weighted by Gasteiger charge is 2.56. The Bertz CT molecular complexity index is 1090. The summed E-state index contributed by atoms with van der Waals surface area (Å²) in [6.07, 6.45) is 8.18. The maximum atomic E-state index is 15.4. The monoisotopic (exact) mass is 423 g/mol. The predicted octanol–water partition coefficient (Wildman–Crippen LogP) is 2.88. The van der Waals surface area contributed by atoms with E-state index in [4.69, 9.17) is 0 Å². The van der Waals surface area contributed by atoms with E-state index in [1.807, 2.05) is 24.9 Å². The van der Waals surface area contributed by atoms with Gasteiger partial charge in [-0.05, 0) is 45.2 Å². The molecule has 0 radical (unpaired) electrons. The average molecular weight is 423 g/mol. The molecule has 2 aromatic heterocycles. The Morgan fingerprint density at radius 3 is 2.77 bits per heavy atom. The van der Waals surface area contributed by atoms with Crippen LogP contribution in [0.5, 0.6) is 5.75 Å². The lowest BCUT2D eigenvalue weighted by atomic mass is 9.82. The molecular formula is C22H26FN7O. The van der Waals surface area contributed by atoms with E-state index in [2.05, 4.69) is 32.4 Å². The van der Waals surface area contributed by atoms with Gasteiger partial charge in [0.1, 0.15) is 11.9 Å². The molecule has 162 valence electrons. The van der Waals surface area contributed by atoms with Crippen molar-refractivity contribution in [2.24, 2.45) is 0 Å². The first-order chi connectivity index (χ1) is 14.8. The van der Waals surface area contributed by atoms with Crippen LogP contribution in [0.25, 0.3) is 17.1 Å². The molecule has 1 aromatic carbocycles. The fourth-order valence-corrected chi connectivity index (χ4v) is 5.04. The zero-order valence-electron chi connectivity index (χ0n) is 17.8. The van der Waals surface area contributed by atoms with Gasteiger partial charge in [-0.3, -0.25) is 0 Å². The standard InChI is InChI=1S/C22H26FN7O/c1-21-6-7-22(2,28-21)19(23)16(11-21)29(3)18-12-25-20(27-26-18)15-5-4-14(10-17(15)31)30-9-8-24-13-30/h4-5,8-10,12-13,16,19,28,31H,6-7,11H2,1-3H3/t16-,19-,21-,22+/m0/s1. The van der Waals surface area contributed by atoms with Gasteiger partial charge in [0, 0.05) is 36.6 Å². The first-order valence-electron chi connectivity index (χ1n) is 10.5. The van der Waals surface area contributed by atoms with Crippen LogP contribution in [0, 0.1) is 0 Å². The van der Waals surface area contributed by atoms with Crippen molar-refractivity contribution in [3.8, 4) is 22.8 Å². The fraction of sp³-hybridized carbons (Fsp3) is 0.455. The summed E-state index contributed by atoms with van der Waals surface area (Å²) in [4.78, 5) is 10.3. The van der Waals surface area contributed by atoms with Gasteiger partial charge >= 0.3 is 0 Å². The molecule has 2 bridgehead atoms. The van der Waals surface area contributed by atoms with Gasteiger partial charge in [0.25, 0.3) is 0 Å². The Morgan fingerprint density at radius 1 is 1.26 bits per heavy atom. The van der Waals surface area contributed by atoms with E-state index < -0.39 is 11.7 Å². The van der Waals surface area contributed by atoms with E-state index in [-0.39, 0.29) is 17.3 Å². The summed E-state index contributed by atoms with van der Waals surface area (Å²) in [5.74, 6) is 0.876. The van der Waals surface area contributed by atoms with Crippen LogP contribution >= 0.6 is 0 Å². The number of phenolic OH excluding ortho intramolecular Hbond substituents is 1. The molecule has 2 N–H and O–H groups in total. The van der Waals surface area contributed by atoms with Crippen molar-refractivity contribution in [2.45, 2.75) is 56.4 Å². The van der Waals surface area contributed by atoms with Crippen molar-refractivity contribution < 1.29 is 9.50 Å². The van der Waals surface area contributed by atoms with E-state index >= 15 is 4.39 Å². The van der Waals surface area contributed by atoms with Crippen LogP contribution in [0.15, 0.2) is 43.1 Å². The topological polar surface area (TPSA) is 92.0 Å². The molecule has 0 unspecified atom stereocenters. The zero-order valence-corrected chi connectivity index (χ0v) is 17.8. The highest BCUT2D eigenvalue weighted by atomic mass is 19.1. The molecule has 5 rings (SSSR count). The number of phenols is 1. The second-order valence-corrected chi connectivity index (χ2v) is 9.20. The minimum Gasteiger partial charge on any atom is -0.507 e. The van der Waals surface area contributed by atoms with Crippen molar-refractivity contribution in [1.82, 2.24) is 30.0 Å². The van der Waals surface area contributed by atoms with Gasteiger partial charge < -0.3 is 19.9 Å². The van der Waals surface area contributed by atoms with E-state index in [1.54, 1.807) is 41.6 Å². The molecule has 2 aliphatic heterocycles. The number of aromatic nitrogens is 5. The van der Waals surface area contributed by atoms with Crippen LogP contribution in [-0.2, 0) is 0 Å². The number of nitrogens with one attached hydrogen (secondary N) is 1. The molecule has 2 aliphatic rings. The van der Waals surface area contributed by atoms with Crippen LogP contribution in [0.4, 0.5) is 10.2 Å². The van der Waals surface area contributed by atoms with Gasteiger partial charge in [0.2, 0.25) is 0 Å². The van der Waals surface area contributed by atoms with Gasteiger partial charge in [0.15, 0.2) is 11.6 Å². The molecule has 31 heavy (non-hydrogen) atoms.